The van der Waals surface area contributed by atoms with E-state index >= 15 is 0 Å². The van der Waals surface area contributed by atoms with Gasteiger partial charge in [-0.25, -0.2) is 4.72 Å². The minimum absolute atomic E-state index is 0.313. The second-order valence-corrected chi connectivity index (χ2v) is 7.41. The summed E-state index contributed by atoms with van der Waals surface area (Å²) >= 11 is 5.94. The molecule has 0 heterocycles. The standard InChI is InChI=1S/C12H19ClN2O2S/c1-12(2,9-14-18(16,17)15(3)4)10-6-5-7-11(13)8-10/h5-8,14H,9H2,1-4H3. The third-order valence-electron chi connectivity index (χ3n) is 2.78. The number of benzene rings is 1. The van der Waals surface area contributed by atoms with Gasteiger partial charge in [-0.1, -0.05) is 37.6 Å². The van der Waals surface area contributed by atoms with E-state index in [9.17, 15) is 8.42 Å². The summed E-state index contributed by atoms with van der Waals surface area (Å²) in [5.41, 5.74) is 0.671. The molecule has 0 radical (unpaired) electrons. The summed E-state index contributed by atoms with van der Waals surface area (Å²) < 4.78 is 27.1. The van der Waals surface area contributed by atoms with Gasteiger partial charge in [0.05, 0.1) is 0 Å². The van der Waals surface area contributed by atoms with Gasteiger partial charge in [-0.05, 0) is 17.7 Å². The van der Waals surface area contributed by atoms with Gasteiger partial charge in [0.25, 0.3) is 10.2 Å². The van der Waals surface area contributed by atoms with E-state index in [1.165, 1.54) is 14.1 Å². The van der Waals surface area contributed by atoms with E-state index in [0.29, 0.717) is 11.6 Å². The van der Waals surface area contributed by atoms with Gasteiger partial charge in [-0.2, -0.15) is 12.7 Å². The Balaban J connectivity index is 2.83. The third-order valence-corrected chi connectivity index (χ3v) is 4.49. The van der Waals surface area contributed by atoms with E-state index in [4.69, 9.17) is 11.6 Å². The lowest BCUT2D eigenvalue weighted by Crippen LogP contribution is -2.42. The number of nitrogens with one attached hydrogen (secondary N) is 1. The molecule has 0 aliphatic rings. The van der Waals surface area contributed by atoms with Crippen molar-refractivity contribution in [1.82, 2.24) is 9.03 Å². The molecule has 6 heteroatoms. The molecule has 0 aromatic heterocycles. The molecule has 0 unspecified atom stereocenters. The monoisotopic (exact) mass is 290 g/mol. The lowest BCUT2D eigenvalue weighted by atomic mass is 9.85. The fourth-order valence-electron chi connectivity index (χ4n) is 1.41. The van der Waals surface area contributed by atoms with Crippen molar-refractivity contribution in [3.05, 3.63) is 34.9 Å². The second kappa shape index (κ2) is 5.57. The zero-order valence-corrected chi connectivity index (χ0v) is 12.6. The highest BCUT2D eigenvalue weighted by atomic mass is 35.5. The first-order valence-corrected chi connectivity index (χ1v) is 7.40. The zero-order chi connectivity index (χ0) is 14.0. The number of halogens is 1. The van der Waals surface area contributed by atoms with Crippen LogP contribution in [0.25, 0.3) is 0 Å². The van der Waals surface area contributed by atoms with E-state index in [0.717, 1.165) is 9.87 Å². The minimum Gasteiger partial charge on any atom is -0.201 e. The first-order chi connectivity index (χ1) is 8.15. The van der Waals surface area contributed by atoms with Crippen molar-refractivity contribution in [3.63, 3.8) is 0 Å². The number of rotatable bonds is 5. The lowest BCUT2D eigenvalue weighted by Gasteiger charge is -2.26. The largest absolute Gasteiger partial charge is 0.278 e. The Morgan fingerprint density at radius 3 is 2.44 bits per heavy atom. The molecule has 1 aromatic rings. The summed E-state index contributed by atoms with van der Waals surface area (Å²) in [6, 6.07) is 7.45. The highest BCUT2D eigenvalue weighted by Gasteiger charge is 2.24. The maximum atomic E-state index is 11.7. The smallest absolute Gasteiger partial charge is 0.201 e. The van der Waals surface area contributed by atoms with Gasteiger partial charge < -0.3 is 0 Å². The average Bonchev–Trinajstić information content (AvgIpc) is 2.26. The Morgan fingerprint density at radius 2 is 1.94 bits per heavy atom. The van der Waals surface area contributed by atoms with Gasteiger partial charge in [0, 0.05) is 31.1 Å². The third kappa shape index (κ3) is 3.95. The first kappa shape index (κ1) is 15.4. The van der Waals surface area contributed by atoms with Crippen molar-refractivity contribution >= 4 is 21.8 Å². The van der Waals surface area contributed by atoms with Crippen LogP contribution < -0.4 is 4.72 Å². The molecule has 0 saturated heterocycles. The molecule has 0 aliphatic carbocycles. The molecule has 0 fully saturated rings. The van der Waals surface area contributed by atoms with Crippen molar-refractivity contribution in [2.24, 2.45) is 0 Å². The molecule has 1 aromatic carbocycles. The second-order valence-electron chi connectivity index (χ2n) is 5.00. The van der Waals surface area contributed by atoms with Crippen LogP contribution in [0.4, 0.5) is 0 Å². The Hall–Kier alpha value is -0.620. The van der Waals surface area contributed by atoms with E-state index in [1.54, 1.807) is 6.07 Å². The Morgan fingerprint density at radius 1 is 1.33 bits per heavy atom. The quantitative estimate of drug-likeness (QED) is 0.902. The summed E-state index contributed by atoms with van der Waals surface area (Å²) in [4.78, 5) is 0. The predicted molar refractivity (Wildman–Crippen MR) is 75.1 cm³/mol. The van der Waals surface area contributed by atoms with E-state index in [-0.39, 0.29) is 5.41 Å². The first-order valence-electron chi connectivity index (χ1n) is 5.58. The van der Waals surface area contributed by atoms with Gasteiger partial charge in [-0.3, -0.25) is 0 Å². The molecule has 0 atom stereocenters. The fraction of sp³-hybridized carbons (Fsp3) is 0.500. The van der Waals surface area contributed by atoms with E-state index in [1.807, 2.05) is 32.0 Å². The lowest BCUT2D eigenvalue weighted by molar-refractivity contribution is 0.469. The highest BCUT2D eigenvalue weighted by Crippen LogP contribution is 2.25. The number of nitrogens with zero attached hydrogens (tertiary/aromatic N) is 1. The van der Waals surface area contributed by atoms with Gasteiger partial charge in [0.2, 0.25) is 0 Å². The van der Waals surface area contributed by atoms with Crippen LogP contribution in [0, 0.1) is 0 Å². The summed E-state index contributed by atoms with van der Waals surface area (Å²) in [7, 11) is -0.410. The molecule has 0 amide bonds. The van der Waals surface area contributed by atoms with Crippen LogP contribution in [-0.4, -0.2) is 33.4 Å². The predicted octanol–water partition coefficient (Wildman–Crippen LogP) is 2.01. The van der Waals surface area contributed by atoms with Crippen molar-refractivity contribution < 1.29 is 8.42 Å². The van der Waals surface area contributed by atoms with Crippen molar-refractivity contribution in [2.45, 2.75) is 19.3 Å². The van der Waals surface area contributed by atoms with Crippen LogP contribution in [0.15, 0.2) is 24.3 Å². The molecule has 102 valence electrons. The fourth-order valence-corrected chi connectivity index (χ4v) is 2.40. The molecule has 4 nitrogen and oxygen atoms in total. The summed E-state index contributed by atoms with van der Waals surface area (Å²) in [6.07, 6.45) is 0. The van der Waals surface area contributed by atoms with Crippen molar-refractivity contribution in [3.8, 4) is 0 Å². The van der Waals surface area contributed by atoms with Crippen LogP contribution >= 0.6 is 11.6 Å². The van der Waals surface area contributed by atoms with Crippen LogP contribution in [0.1, 0.15) is 19.4 Å². The van der Waals surface area contributed by atoms with Gasteiger partial charge >= 0.3 is 0 Å². The highest BCUT2D eigenvalue weighted by molar-refractivity contribution is 7.87. The molecular formula is C12H19ClN2O2S. The maximum Gasteiger partial charge on any atom is 0.278 e. The van der Waals surface area contributed by atoms with Crippen molar-refractivity contribution in [2.75, 3.05) is 20.6 Å². The molecule has 0 aliphatic heterocycles. The van der Waals surface area contributed by atoms with Crippen molar-refractivity contribution in [1.29, 1.82) is 0 Å². The molecule has 0 bridgehead atoms. The zero-order valence-electron chi connectivity index (χ0n) is 11.1. The van der Waals surface area contributed by atoms with E-state index < -0.39 is 10.2 Å². The van der Waals surface area contributed by atoms with Crippen LogP contribution in [0.5, 0.6) is 0 Å². The van der Waals surface area contributed by atoms with Crippen LogP contribution in [0.3, 0.4) is 0 Å². The van der Waals surface area contributed by atoms with Crippen LogP contribution in [-0.2, 0) is 15.6 Å². The minimum atomic E-state index is -3.40. The number of hydrogen-bond acceptors (Lipinski definition) is 2. The average molecular weight is 291 g/mol. The topological polar surface area (TPSA) is 49.4 Å². The van der Waals surface area contributed by atoms with Gasteiger partial charge in [-0.15, -0.1) is 0 Å². The van der Waals surface area contributed by atoms with Crippen LogP contribution in [0.2, 0.25) is 5.02 Å². The maximum absolute atomic E-state index is 11.7. The summed E-state index contributed by atoms with van der Waals surface area (Å²) in [6.45, 7) is 4.25. The Kier molecular flexibility index (Phi) is 4.78. The van der Waals surface area contributed by atoms with Gasteiger partial charge in [0.1, 0.15) is 0 Å². The summed E-state index contributed by atoms with van der Waals surface area (Å²) in [5.74, 6) is 0. The molecule has 1 N–H and O–H groups in total. The summed E-state index contributed by atoms with van der Waals surface area (Å²) in [5, 5.41) is 0.649. The SMILES string of the molecule is CN(C)S(=O)(=O)NCC(C)(C)c1cccc(Cl)c1. The van der Waals surface area contributed by atoms with Gasteiger partial charge in [0.15, 0.2) is 0 Å². The Bertz CT molecular complexity index is 513. The Labute approximate surface area is 114 Å². The number of hydrogen-bond donors (Lipinski definition) is 1. The molecular weight excluding hydrogens is 272 g/mol. The molecule has 0 saturated carbocycles. The molecule has 1 rings (SSSR count). The molecule has 18 heavy (non-hydrogen) atoms. The molecule has 0 spiro atoms. The normalized spacial score (nSPS) is 13.0. The van der Waals surface area contributed by atoms with E-state index in [2.05, 4.69) is 4.72 Å².